The van der Waals surface area contributed by atoms with Crippen molar-refractivity contribution in [3.63, 3.8) is 0 Å². The van der Waals surface area contributed by atoms with Crippen molar-refractivity contribution in [2.45, 2.75) is 59.4 Å². The number of halogens is 1. The zero-order valence-corrected chi connectivity index (χ0v) is 22.9. The van der Waals surface area contributed by atoms with E-state index in [-0.39, 0.29) is 11.4 Å². The maximum absolute atomic E-state index is 13.6. The van der Waals surface area contributed by atoms with Gasteiger partial charge in [-0.1, -0.05) is 98.6 Å². The predicted molar refractivity (Wildman–Crippen MR) is 149 cm³/mol. The number of hydrogen-bond acceptors (Lipinski definition) is 2. The summed E-state index contributed by atoms with van der Waals surface area (Å²) in [7, 11) is 0. The molecule has 0 aliphatic rings. The highest BCUT2D eigenvalue weighted by atomic mass is 79.9. The molecule has 0 aliphatic carbocycles. The molecule has 3 nitrogen and oxygen atoms in total. The molecule has 0 amide bonds. The summed E-state index contributed by atoms with van der Waals surface area (Å²) in [6.07, 6.45) is 1.83. The Morgan fingerprint density at radius 1 is 1.00 bits per heavy atom. The lowest BCUT2D eigenvalue weighted by atomic mass is 9.86. The topological polar surface area (TPSA) is 31.2 Å². The van der Waals surface area contributed by atoms with Gasteiger partial charge in [0.15, 0.2) is 0 Å². The molecule has 35 heavy (non-hydrogen) atoms. The third kappa shape index (κ3) is 5.38. The van der Waals surface area contributed by atoms with Gasteiger partial charge in [0.25, 0.3) is 0 Å². The lowest BCUT2D eigenvalue weighted by Gasteiger charge is -2.19. The van der Waals surface area contributed by atoms with E-state index < -0.39 is 0 Å². The average molecular weight is 533 g/mol. The van der Waals surface area contributed by atoms with E-state index in [1.54, 1.807) is 0 Å². The summed E-state index contributed by atoms with van der Waals surface area (Å²) in [5.41, 5.74) is 7.30. The van der Waals surface area contributed by atoms with Crippen LogP contribution in [0.2, 0.25) is 0 Å². The SMILES string of the molecule is CCCCOC(=O)c1c(-c2ccc(C(C)(C)C)cc2)c2ccccc2n1Cc1cc(Br)ccc1C. The van der Waals surface area contributed by atoms with Crippen molar-refractivity contribution in [3.8, 4) is 11.1 Å². The molecule has 0 radical (unpaired) electrons. The molecular formula is C31H34BrNO2. The number of ether oxygens (including phenoxy) is 1. The van der Waals surface area contributed by atoms with Crippen LogP contribution in [0.1, 0.15) is 67.7 Å². The van der Waals surface area contributed by atoms with E-state index in [1.165, 1.54) is 11.1 Å². The third-order valence-corrected chi connectivity index (χ3v) is 7.07. The molecule has 0 unspecified atom stereocenters. The lowest BCUT2D eigenvalue weighted by Crippen LogP contribution is -2.15. The normalized spacial score (nSPS) is 11.7. The molecule has 0 fully saturated rings. The molecule has 0 bridgehead atoms. The Balaban J connectivity index is 1.93. The van der Waals surface area contributed by atoms with Crippen LogP contribution in [-0.4, -0.2) is 17.1 Å². The Hall–Kier alpha value is -2.85. The number of esters is 1. The van der Waals surface area contributed by atoms with E-state index in [0.29, 0.717) is 18.8 Å². The van der Waals surface area contributed by atoms with E-state index in [2.05, 4.69) is 110 Å². The van der Waals surface area contributed by atoms with E-state index in [4.69, 9.17) is 4.74 Å². The highest BCUT2D eigenvalue weighted by Gasteiger charge is 2.26. The number of carbonyl (C=O) groups is 1. The molecule has 4 rings (SSSR count). The van der Waals surface area contributed by atoms with Crippen LogP contribution in [0.3, 0.4) is 0 Å². The second-order valence-corrected chi connectivity index (χ2v) is 11.1. The first-order valence-electron chi connectivity index (χ1n) is 12.3. The molecular weight excluding hydrogens is 498 g/mol. The quantitative estimate of drug-likeness (QED) is 0.176. The summed E-state index contributed by atoms with van der Waals surface area (Å²) in [6, 6.07) is 23.2. The van der Waals surface area contributed by atoms with Gasteiger partial charge in [0.1, 0.15) is 5.69 Å². The molecule has 0 saturated carbocycles. The first-order chi connectivity index (χ1) is 16.7. The van der Waals surface area contributed by atoms with Crippen molar-refractivity contribution >= 4 is 32.8 Å². The first-order valence-corrected chi connectivity index (χ1v) is 13.1. The summed E-state index contributed by atoms with van der Waals surface area (Å²) in [6.45, 7) is 11.9. The van der Waals surface area contributed by atoms with Gasteiger partial charge in [0, 0.05) is 27.5 Å². The smallest absolute Gasteiger partial charge is 0.355 e. The predicted octanol–water partition coefficient (Wildman–Crippen LogP) is 8.68. The summed E-state index contributed by atoms with van der Waals surface area (Å²) < 4.78 is 8.96. The van der Waals surface area contributed by atoms with Crippen LogP contribution < -0.4 is 0 Å². The molecule has 3 aromatic carbocycles. The second-order valence-electron chi connectivity index (χ2n) is 10.2. The Labute approximate surface area is 217 Å². The van der Waals surface area contributed by atoms with Gasteiger partial charge in [-0.15, -0.1) is 0 Å². The zero-order valence-electron chi connectivity index (χ0n) is 21.3. The van der Waals surface area contributed by atoms with Gasteiger partial charge in [-0.2, -0.15) is 0 Å². The van der Waals surface area contributed by atoms with Gasteiger partial charge in [-0.3, -0.25) is 0 Å². The molecule has 0 N–H and O–H groups in total. The maximum atomic E-state index is 13.6. The maximum Gasteiger partial charge on any atom is 0.355 e. The first kappa shape index (κ1) is 25.2. The molecule has 0 aliphatic heterocycles. The second kappa shape index (κ2) is 10.4. The zero-order chi connectivity index (χ0) is 25.2. The van der Waals surface area contributed by atoms with Crippen LogP contribution in [0.15, 0.2) is 71.2 Å². The van der Waals surface area contributed by atoms with Crippen LogP contribution in [0.4, 0.5) is 0 Å². The fraction of sp³-hybridized carbons (Fsp3) is 0.323. The number of carbonyl (C=O) groups excluding carboxylic acids is 1. The number of para-hydroxylation sites is 1. The van der Waals surface area contributed by atoms with Crippen molar-refractivity contribution in [1.29, 1.82) is 0 Å². The summed E-state index contributed by atoms with van der Waals surface area (Å²) in [5.74, 6) is -0.266. The van der Waals surface area contributed by atoms with E-state index in [1.807, 2.05) is 12.1 Å². The minimum atomic E-state index is -0.266. The van der Waals surface area contributed by atoms with Crippen molar-refractivity contribution in [2.75, 3.05) is 6.61 Å². The standard InChI is InChI=1S/C31H34BrNO2/c1-6-7-18-35-30(34)29-28(22-13-15-24(16-14-22)31(3,4)5)26-10-8-9-11-27(26)33(29)20-23-19-25(32)17-12-21(23)2/h8-17,19H,6-7,18,20H2,1-5H3. The average Bonchev–Trinajstić information content (AvgIpc) is 3.15. The molecule has 4 aromatic rings. The Morgan fingerprint density at radius 3 is 2.40 bits per heavy atom. The van der Waals surface area contributed by atoms with Crippen LogP contribution in [0.25, 0.3) is 22.0 Å². The largest absolute Gasteiger partial charge is 0.461 e. The van der Waals surface area contributed by atoms with E-state index in [9.17, 15) is 4.79 Å². The summed E-state index contributed by atoms with van der Waals surface area (Å²) in [5, 5.41) is 1.06. The Kier molecular flexibility index (Phi) is 7.51. The van der Waals surface area contributed by atoms with E-state index >= 15 is 0 Å². The lowest BCUT2D eigenvalue weighted by molar-refractivity contribution is 0.0489. The highest BCUT2D eigenvalue weighted by Crippen LogP contribution is 2.37. The number of rotatable bonds is 7. The molecule has 4 heteroatoms. The molecule has 0 spiro atoms. The Bertz CT molecular complexity index is 1340. The molecule has 0 saturated heterocycles. The third-order valence-electron chi connectivity index (χ3n) is 6.57. The Morgan fingerprint density at radius 2 is 1.71 bits per heavy atom. The fourth-order valence-corrected chi connectivity index (χ4v) is 4.88. The number of aromatic nitrogens is 1. The number of nitrogens with zero attached hydrogens (tertiary/aromatic N) is 1. The highest BCUT2D eigenvalue weighted by molar-refractivity contribution is 9.10. The number of fused-ring (bicyclic) bond motifs is 1. The van der Waals surface area contributed by atoms with Crippen LogP contribution in [0, 0.1) is 6.92 Å². The molecule has 182 valence electrons. The van der Waals surface area contributed by atoms with Crippen LogP contribution in [-0.2, 0) is 16.7 Å². The van der Waals surface area contributed by atoms with Gasteiger partial charge in [-0.25, -0.2) is 4.79 Å². The summed E-state index contributed by atoms with van der Waals surface area (Å²) >= 11 is 3.61. The molecule has 0 atom stereocenters. The van der Waals surface area contributed by atoms with Gasteiger partial charge in [0.05, 0.1) is 6.61 Å². The number of aryl methyl sites for hydroxylation is 1. The number of unbranched alkanes of at least 4 members (excludes halogenated alkanes) is 1. The van der Waals surface area contributed by atoms with Gasteiger partial charge < -0.3 is 9.30 Å². The van der Waals surface area contributed by atoms with Crippen molar-refractivity contribution in [1.82, 2.24) is 4.57 Å². The molecule has 1 heterocycles. The van der Waals surface area contributed by atoms with Crippen molar-refractivity contribution in [2.24, 2.45) is 0 Å². The van der Waals surface area contributed by atoms with Gasteiger partial charge in [-0.05, 0) is 59.2 Å². The fourth-order valence-electron chi connectivity index (χ4n) is 4.47. The van der Waals surface area contributed by atoms with Crippen molar-refractivity contribution < 1.29 is 9.53 Å². The van der Waals surface area contributed by atoms with Crippen LogP contribution in [0.5, 0.6) is 0 Å². The number of hydrogen-bond donors (Lipinski definition) is 0. The molecule has 1 aromatic heterocycles. The minimum absolute atomic E-state index is 0.0622. The number of benzene rings is 3. The van der Waals surface area contributed by atoms with Gasteiger partial charge in [0.2, 0.25) is 0 Å². The van der Waals surface area contributed by atoms with E-state index in [0.717, 1.165) is 44.9 Å². The summed E-state index contributed by atoms with van der Waals surface area (Å²) in [4.78, 5) is 13.6. The van der Waals surface area contributed by atoms with Gasteiger partial charge >= 0.3 is 5.97 Å². The minimum Gasteiger partial charge on any atom is -0.461 e. The van der Waals surface area contributed by atoms with Crippen molar-refractivity contribution in [3.05, 3.63) is 93.6 Å². The van der Waals surface area contributed by atoms with Crippen LogP contribution >= 0.6 is 15.9 Å². The monoisotopic (exact) mass is 531 g/mol.